The number of benzene rings is 1. The third-order valence-electron chi connectivity index (χ3n) is 4.42. The highest BCUT2D eigenvalue weighted by molar-refractivity contribution is 5.20. The molecule has 0 bridgehead atoms. The first-order valence-electron chi connectivity index (χ1n) is 7.98. The molecule has 0 spiro atoms. The lowest BCUT2D eigenvalue weighted by atomic mass is 10.1. The zero-order valence-electron chi connectivity index (χ0n) is 12.4. The number of ether oxygens (including phenoxy) is 1. The molecule has 1 aromatic carbocycles. The smallest absolute Gasteiger partial charge is 0.119 e. The number of nitrogens with zero attached hydrogens (tertiary/aromatic N) is 1. The molecule has 1 aromatic rings. The van der Waals surface area contributed by atoms with E-state index in [1.165, 1.54) is 32.5 Å². The molecule has 1 aliphatic heterocycles. The van der Waals surface area contributed by atoms with Crippen LogP contribution in [0.25, 0.3) is 0 Å². The van der Waals surface area contributed by atoms with Gasteiger partial charge in [0.15, 0.2) is 0 Å². The highest BCUT2D eigenvalue weighted by Crippen LogP contribution is 2.36. The van der Waals surface area contributed by atoms with Crippen LogP contribution in [0.15, 0.2) is 30.3 Å². The summed E-state index contributed by atoms with van der Waals surface area (Å²) in [5.41, 5.74) is 0. The van der Waals surface area contributed by atoms with Gasteiger partial charge in [-0.25, -0.2) is 0 Å². The lowest BCUT2D eigenvalue weighted by Gasteiger charge is -2.39. The summed E-state index contributed by atoms with van der Waals surface area (Å²) < 4.78 is 5.79. The van der Waals surface area contributed by atoms with Crippen LogP contribution in [-0.2, 0) is 0 Å². The second-order valence-electron chi connectivity index (χ2n) is 6.22. The highest BCUT2D eigenvalue weighted by atomic mass is 16.5. The van der Waals surface area contributed by atoms with E-state index < -0.39 is 0 Å². The minimum atomic E-state index is 0.625. The van der Waals surface area contributed by atoms with Gasteiger partial charge in [-0.1, -0.05) is 18.2 Å². The van der Waals surface area contributed by atoms with Crippen LogP contribution in [0.1, 0.15) is 26.2 Å². The Bertz CT molecular complexity index is 405. The molecule has 1 aliphatic carbocycles. The van der Waals surface area contributed by atoms with Crippen LogP contribution in [0.5, 0.6) is 5.75 Å². The van der Waals surface area contributed by atoms with E-state index in [0.717, 1.165) is 30.7 Å². The van der Waals surface area contributed by atoms with Crippen molar-refractivity contribution in [3.8, 4) is 5.75 Å². The van der Waals surface area contributed by atoms with Crippen molar-refractivity contribution in [1.29, 1.82) is 0 Å². The minimum Gasteiger partial charge on any atom is -0.494 e. The van der Waals surface area contributed by atoms with Crippen molar-refractivity contribution in [3.63, 3.8) is 0 Å². The van der Waals surface area contributed by atoms with Gasteiger partial charge in [0.2, 0.25) is 0 Å². The quantitative estimate of drug-likeness (QED) is 0.807. The number of nitrogens with one attached hydrogen (secondary N) is 1. The molecule has 2 aliphatic rings. The highest BCUT2D eigenvalue weighted by Gasteiger charge is 2.37. The number of hydrogen-bond donors (Lipinski definition) is 1. The molecule has 20 heavy (non-hydrogen) atoms. The van der Waals surface area contributed by atoms with Crippen LogP contribution >= 0.6 is 0 Å². The summed E-state index contributed by atoms with van der Waals surface area (Å²) >= 11 is 0. The van der Waals surface area contributed by atoms with Crippen molar-refractivity contribution < 1.29 is 4.74 Å². The SMILES string of the molecule is CC1CN(CCCOc2ccccc2)C(C2CC2)CN1. The van der Waals surface area contributed by atoms with E-state index in [4.69, 9.17) is 4.74 Å². The van der Waals surface area contributed by atoms with Gasteiger partial charge < -0.3 is 10.1 Å². The fourth-order valence-electron chi connectivity index (χ4n) is 3.18. The van der Waals surface area contributed by atoms with Gasteiger partial charge in [0.25, 0.3) is 0 Å². The van der Waals surface area contributed by atoms with Crippen molar-refractivity contribution in [3.05, 3.63) is 30.3 Å². The van der Waals surface area contributed by atoms with E-state index in [1.807, 2.05) is 30.3 Å². The van der Waals surface area contributed by atoms with Crippen LogP contribution in [0.3, 0.4) is 0 Å². The number of piperazine rings is 1. The monoisotopic (exact) mass is 274 g/mol. The van der Waals surface area contributed by atoms with E-state index in [0.29, 0.717) is 6.04 Å². The third kappa shape index (κ3) is 3.74. The van der Waals surface area contributed by atoms with Crippen molar-refractivity contribution in [2.45, 2.75) is 38.3 Å². The fraction of sp³-hybridized carbons (Fsp3) is 0.647. The van der Waals surface area contributed by atoms with Crippen molar-refractivity contribution in [1.82, 2.24) is 10.2 Å². The Hall–Kier alpha value is -1.06. The van der Waals surface area contributed by atoms with E-state index in [9.17, 15) is 0 Å². The summed E-state index contributed by atoms with van der Waals surface area (Å²) in [6.45, 7) is 6.63. The Morgan fingerprint density at radius 1 is 1.25 bits per heavy atom. The van der Waals surface area contributed by atoms with Gasteiger partial charge >= 0.3 is 0 Å². The lowest BCUT2D eigenvalue weighted by Crippen LogP contribution is -2.56. The van der Waals surface area contributed by atoms with Crippen molar-refractivity contribution >= 4 is 0 Å². The molecule has 0 radical (unpaired) electrons. The summed E-state index contributed by atoms with van der Waals surface area (Å²) in [5, 5.41) is 3.63. The van der Waals surface area contributed by atoms with Gasteiger partial charge in [-0.15, -0.1) is 0 Å². The molecule has 3 heteroatoms. The average molecular weight is 274 g/mol. The molecule has 2 fully saturated rings. The first kappa shape index (κ1) is 13.9. The third-order valence-corrected chi connectivity index (χ3v) is 4.42. The van der Waals surface area contributed by atoms with Crippen molar-refractivity contribution in [2.75, 3.05) is 26.2 Å². The standard InChI is InChI=1S/C17H26N2O/c1-14-13-19(17(12-18-14)15-8-9-15)10-5-11-20-16-6-3-2-4-7-16/h2-4,6-7,14-15,17-18H,5,8-13H2,1H3. The van der Waals surface area contributed by atoms with Crippen LogP contribution < -0.4 is 10.1 Å². The maximum absolute atomic E-state index is 5.79. The first-order valence-corrected chi connectivity index (χ1v) is 7.98. The Kier molecular flexibility index (Phi) is 4.58. The van der Waals surface area contributed by atoms with E-state index >= 15 is 0 Å². The topological polar surface area (TPSA) is 24.5 Å². The molecule has 1 saturated heterocycles. The first-order chi connectivity index (χ1) is 9.83. The maximum Gasteiger partial charge on any atom is 0.119 e. The summed E-state index contributed by atoms with van der Waals surface area (Å²) in [4.78, 5) is 2.69. The number of rotatable bonds is 6. The normalized spacial score (nSPS) is 27.4. The zero-order chi connectivity index (χ0) is 13.8. The van der Waals surface area contributed by atoms with Gasteiger partial charge in [0.05, 0.1) is 6.61 Å². The predicted molar refractivity (Wildman–Crippen MR) is 82.1 cm³/mol. The Labute approximate surface area is 122 Å². The molecule has 0 amide bonds. The fourth-order valence-corrected chi connectivity index (χ4v) is 3.18. The van der Waals surface area contributed by atoms with Crippen LogP contribution in [0.2, 0.25) is 0 Å². The molecule has 2 unspecified atom stereocenters. The predicted octanol–water partition coefficient (Wildman–Crippen LogP) is 2.53. The maximum atomic E-state index is 5.79. The number of hydrogen-bond acceptors (Lipinski definition) is 3. The Balaban J connectivity index is 1.42. The minimum absolute atomic E-state index is 0.625. The molecule has 2 atom stereocenters. The second kappa shape index (κ2) is 6.59. The van der Waals surface area contributed by atoms with Gasteiger partial charge in [0, 0.05) is 31.7 Å². The van der Waals surface area contributed by atoms with Crippen LogP contribution in [-0.4, -0.2) is 43.2 Å². The Morgan fingerprint density at radius 2 is 2.05 bits per heavy atom. The summed E-state index contributed by atoms with van der Waals surface area (Å²) in [7, 11) is 0. The van der Waals surface area contributed by atoms with Crippen LogP contribution in [0.4, 0.5) is 0 Å². The molecular weight excluding hydrogens is 248 g/mol. The zero-order valence-corrected chi connectivity index (χ0v) is 12.4. The average Bonchev–Trinajstić information content (AvgIpc) is 3.29. The van der Waals surface area contributed by atoms with E-state index in [2.05, 4.69) is 17.1 Å². The van der Waals surface area contributed by atoms with Gasteiger partial charge in [-0.2, -0.15) is 0 Å². The largest absolute Gasteiger partial charge is 0.494 e. The second-order valence-corrected chi connectivity index (χ2v) is 6.22. The molecule has 1 N–H and O–H groups in total. The summed E-state index contributed by atoms with van der Waals surface area (Å²) in [5.74, 6) is 1.94. The molecule has 0 aromatic heterocycles. The van der Waals surface area contributed by atoms with Gasteiger partial charge in [-0.05, 0) is 44.2 Å². The summed E-state index contributed by atoms with van der Waals surface area (Å²) in [6, 6.07) is 11.5. The summed E-state index contributed by atoms with van der Waals surface area (Å²) in [6.07, 6.45) is 3.97. The van der Waals surface area contributed by atoms with E-state index in [-0.39, 0.29) is 0 Å². The number of para-hydroxylation sites is 1. The molecule has 3 rings (SSSR count). The lowest BCUT2D eigenvalue weighted by molar-refractivity contribution is 0.112. The molecule has 1 saturated carbocycles. The molecular formula is C17H26N2O. The van der Waals surface area contributed by atoms with Gasteiger partial charge in [0.1, 0.15) is 5.75 Å². The van der Waals surface area contributed by atoms with Gasteiger partial charge in [-0.3, -0.25) is 4.90 Å². The van der Waals surface area contributed by atoms with Crippen molar-refractivity contribution in [2.24, 2.45) is 5.92 Å². The molecule has 3 nitrogen and oxygen atoms in total. The molecule has 1 heterocycles. The van der Waals surface area contributed by atoms with E-state index in [1.54, 1.807) is 0 Å². The van der Waals surface area contributed by atoms with Crippen LogP contribution in [0, 0.1) is 5.92 Å². The Morgan fingerprint density at radius 3 is 2.80 bits per heavy atom. The molecule has 110 valence electrons.